The Kier molecular flexibility index (Phi) is 3.92. The minimum Gasteiger partial charge on any atom is -0.361 e. The van der Waals surface area contributed by atoms with E-state index in [-0.39, 0.29) is 6.54 Å². The molecule has 1 aromatic heterocycles. The lowest BCUT2D eigenvalue weighted by Gasteiger charge is -2.05. The highest BCUT2D eigenvalue weighted by Crippen LogP contribution is 2.22. The smallest absolute Gasteiger partial charge is 0.308 e. The van der Waals surface area contributed by atoms with Gasteiger partial charge in [0.05, 0.1) is 23.1 Å². The number of nitrogens with zero attached hydrogens (tertiary/aromatic N) is 2. The largest absolute Gasteiger partial charge is 0.361 e. The Morgan fingerprint density at radius 2 is 2.14 bits per heavy atom. The summed E-state index contributed by atoms with van der Waals surface area (Å²) in [6.45, 7) is 1.56. The van der Waals surface area contributed by atoms with Crippen LogP contribution >= 0.6 is 0 Å². The van der Waals surface area contributed by atoms with E-state index in [1.807, 2.05) is 0 Å². The summed E-state index contributed by atoms with van der Waals surface area (Å²) >= 11 is 0. The fourth-order valence-corrected chi connectivity index (χ4v) is 1.64. The van der Waals surface area contributed by atoms with E-state index in [1.165, 1.54) is 0 Å². The highest BCUT2D eigenvalue weighted by molar-refractivity contribution is 5.95. The number of halogens is 2. The highest BCUT2D eigenvalue weighted by atomic mass is 19.1. The van der Waals surface area contributed by atoms with Crippen LogP contribution in [-0.2, 0) is 6.54 Å². The van der Waals surface area contributed by atoms with Crippen molar-refractivity contribution in [2.75, 3.05) is 0 Å². The number of hydrogen-bond acceptors (Lipinski definition) is 5. The van der Waals surface area contributed by atoms with Gasteiger partial charge in [-0.05, 0) is 13.0 Å². The van der Waals surface area contributed by atoms with Gasteiger partial charge in [0.2, 0.25) is 5.82 Å². The van der Waals surface area contributed by atoms with E-state index < -0.39 is 33.7 Å². The SMILES string of the molecule is Cc1cc(CNC(=O)c2cc(F)cc([N+](=O)[O-])c2F)no1. The molecule has 1 N–H and O–H groups in total. The van der Waals surface area contributed by atoms with Gasteiger partial charge in [-0.15, -0.1) is 0 Å². The van der Waals surface area contributed by atoms with Gasteiger partial charge in [0.15, 0.2) is 0 Å². The summed E-state index contributed by atoms with van der Waals surface area (Å²) in [5.74, 6) is -2.94. The number of rotatable bonds is 4. The van der Waals surface area contributed by atoms with Crippen LogP contribution in [0.5, 0.6) is 0 Å². The van der Waals surface area contributed by atoms with Crippen LogP contribution in [0.15, 0.2) is 22.7 Å². The molecule has 1 heterocycles. The van der Waals surface area contributed by atoms with Crippen LogP contribution in [-0.4, -0.2) is 16.0 Å². The normalized spacial score (nSPS) is 10.4. The van der Waals surface area contributed by atoms with E-state index in [2.05, 4.69) is 10.5 Å². The summed E-state index contributed by atoms with van der Waals surface area (Å²) in [7, 11) is 0. The topological polar surface area (TPSA) is 98.3 Å². The molecular weight excluding hydrogens is 288 g/mol. The van der Waals surface area contributed by atoms with Gasteiger partial charge in [-0.25, -0.2) is 4.39 Å². The van der Waals surface area contributed by atoms with E-state index in [4.69, 9.17) is 4.52 Å². The first kappa shape index (κ1) is 14.6. The second-order valence-corrected chi connectivity index (χ2v) is 4.16. The third kappa shape index (κ3) is 3.19. The molecule has 0 aliphatic heterocycles. The zero-order valence-corrected chi connectivity index (χ0v) is 10.7. The molecule has 0 aliphatic carbocycles. The lowest BCUT2D eigenvalue weighted by atomic mass is 10.1. The number of aromatic nitrogens is 1. The van der Waals surface area contributed by atoms with E-state index in [0.29, 0.717) is 23.6 Å². The molecule has 0 aliphatic rings. The summed E-state index contributed by atoms with van der Waals surface area (Å²) in [5, 5.41) is 16.4. The van der Waals surface area contributed by atoms with Gasteiger partial charge in [0, 0.05) is 6.07 Å². The molecule has 0 unspecified atom stereocenters. The number of hydrogen-bond donors (Lipinski definition) is 1. The first-order chi connectivity index (χ1) is 9.88. The molecule has 0 saturated heterocycles. The van der Waals surface area contributed by atoms with Crippen LogP contribution in [0.2, 0.25) is 0 Å². The molecule has 0 bridgehead atoms. The maximum atomic E-state index is 13.8. The fraction of sp³-hybridized carbons (Fsp3) is 0.167. The summed E-state index contributed by atoms with van der Waals surface area (Å²) in [6, 6.07) is 2.55. The summed E-state index contributed by atoms with van der Waals surface area (Å²) < 4.78 is 31.8. The average Bonchev–Trinajstić information content (AvgIpc) is 2.83. The van der Waals surface area contributed by atoms with Crippen molar-refractivity contribution in [3.63, 3.8) is 0 Å². The molecule has 2 rings (SSSR count). The maximum Gasteiger partial charge on any atom is 0.308 e. The molecule has 0 spiro atoms. The van der Waals surface area contributed by atoms with Gasteiger partial charge >= 0.3 is 5.69 Å². The van der Waals surface area contributed by atoms with Crippen molar-refractivity contribution >= 4 is 11.6 Å². The Bertz CT molecular complexity index is 715. The van der Waals surface area contributed by atoms with Gasteiger partial charge in [0.25, 0.3) is 5.91 Å². The average molecular weight is 297 g/mol. The first-order valence-corrected chi connectivity index (χ1v) is 5.72. The number of carbonyl (C=O) groups is 1. The molecule has 110 valence electrons. The number of nitro benzene ring substituents is 1. The van der Waals surface area contributed by atoms with Crippen LogP contribution in [0, 0.1) is 28.7 Å². The molecule has 0 fully saturated rings. The van der Waals surface area contributed by atoms with E-state index in [0.717, 1.165) is 0 Å². The summed E-state index contributed by atoms with van der Waals surface area (Å²) in [5.41, 5.74) is -1.47. The van der Waals surface area contributed by atoms with E-state index in [9.17, 15) is 23.7 Å². The molecule has 0 atom stereocenters. The van der Waals surface area contributed by atoms with Crippen LogP contribution in [0.4, 0.5) is 14.5 Å². The number of benzene rings is 1. The fourth-order valence-electron chi connectivity index (χ4n) is 1.64. The Hall–Kier alpha value is -2.84. The van der Waals surface area contributed by atoms with Crippen molar-refractivity contribution in [2.24, 2.45) is 0 Å². The standard InChI is InChI=1S/C12H9F2N3O4/c1-6-2-8(16-21-6)5-15-12(18)9-3-7(13)4-10(11(9)14)17(19)20/h2-4H,5H2,1H3,(H,15,18). The Morgan fingerprint density at radius 3 is 2.71 bits per heavy atom. The monoisotopic (exact) mass is 297 g/mol. The van der Waals surface area contributed by atoms with Crippen molar-refractivity contribution in [1.29, 1.82) is 0 Å². The van der Waals surface area contributed by atoms with Gasteiger partial charge in [-0.2, -0.15) is 4.39 Å². The molecule has 0 saturated carbocycles. The van der Waals surface area contributed by atoms with Gasteiger partial charge in [0.1, 0.15) is 17.3 Å². The molecule has 2 aromatic rings. The number of nitro groups is 1. The third-order valence-electron chi connectivity index (χ3n) is 2.57. The zero-order valence-electron chi connectivity index (χ0n) is 10.7. The predicted octanol–water partition coefficient (Wildman–Crippen LogP) is 2.10. The van der Waals surface area contributed by atoms with Crippen molar-refractivity contribution in [1.82, 2.24) is 10.5 Å². The quantitative estimate of drug-likeness (QED) is 0.688. The van der Waals surface area contributed by atoms with Crippen molar-refractivity contribution in [2.45, 2.75) is 13.5 Å². The molecule has 21 heavy (non-hydrogen) atoms. The first-order valence-electron chi connectivity index (χ1n) is 5.72. The Morgan fingerprint density at radius 1 is 1.43 bits per heavy atom. The lowest BCUT2D eigenvalue weighted by Crippen LogP contribution is -2.24. The van der Waals surface area contributed by atoms with Crippen molar-refractivity contribution in [3.05, 3.63) is 57.0 Å². The van der Waals surface area contributed by atoms with Crippen LogP contribution in [0.3, 0.4) is 0 Å². The minimum absolute atomic E-state index is 0.0834. The van der Waals surface area contributed by atoms with Crippen molar-refractivity contribution < 1.29 is 23.0 Å². The predicted molar refractivity (Wildman–Crippen MR) is 65.4 cm³/mol. The van der Waals surface area contributed by atoms with Crippen LogP contribution in [0.1, 0.15) is 21.8 Å². The van der Waals surface area contributed by atoms with E-state index >= 15 is 0 Å². The van der Waals surface area contributed by atoms with Gasteiger partial charge < -0.3 is 9.84 Å². The zero-order chi connectivity index (χ0) is 15.6. The third-order valence-corrected chi connectivity index (χ3v) is 2.57. The Labute approximate surface area is 116 Å². The summed E-state index contributed by atoms with van der Waals surface area (Å²) in [4.78, 5) is 21.2. The molecular formula is C12H9F2N3O4. The second kappa shape index (κ2) is 5.65. The summed E-state index contributed by atoms with van der Waals surface area (Å²) in [6.07, 6.45) is 0. The van der Waals surface area contributed by atoms with E-state index in [1.54, 1.807) is 13.0 Å². The number of amides is 1. The molecule has 9 heteroatoms. The number of carbonyl (C=O) groups excluding carboxylic acids is 1. The minimum atomic E-state index is -1.39. The van der Waals surface area contributed by atoms with Gasteiger partial charge in [-0.1, -0.05) is 5.16 Å². The van der Waals surface area contributed by atoms with Crippen molar-refractivity contribution in [3.8, 4) is 0 Å². The molecule has 0 radical (unpaired) electrons. The van der Waals surface area contributed by atoms with Crippen LogP contribution < -0.4 is 5.32 Å². The highest BCUT2D eigenvalue weighted by Gasteiger charge is 2.24. The number of nitrogens with one attached hydrogen (secondary N) is 1. The van der Waals surface area contributed by atoms with Gasteiger partial charge in [-0.3, -0.25) is 14.9 Å². The lowest BCUT2D eigenvalue weighted by molar-refractivity contribution is -0.387. The molecule has 7 nitrogen and oxygen atoms in total. The number of aryl methyl sites for hydroxylation is 1. The molecule has 1 amide bonds. The second-order valence-electron chi connectivity index (χ2n) is 4.16. The molecule has 1 aromatic carbocycles. The Balaban J connectivity index is 2.21. The maximum absolute atomic E-state index is 13.8. The van der Waals surface area contributed by atoms with Crippen LogP contribution in [0.25, 0.3) is 0 Å².